The van der Waals surface area contributed by atoms with Gasteiger partial charge in [0.2, 0.25) is 0 Å². The van der Waals surface area contributed by atoms with Crippen LogP contribution in [0.3, 0.4) is 0 Å². The fraction of sp³-hybridized carbons (Fsp3) is 0.533. The minimum atomic E-state index is 0.0432. The SMILES string of the molecule is CCCC1CCN(C(=O)c2ccc(I)c(O)c2)CC1. The summed E-state index contributed by atoms with van der Waals surface area (Å²) in [6.07, 6.45) is 4.71. The Kier molecular flexibility index (Phi) is 5.07. The summed E-state index contributed by atoms with van der Waals surface area (Å²) in [5, 5.41) is 9.68. The van der Waals surface area contributed by atoms with Crippen LogP contribution in [0.4, 0.5) is 0 Å². The number of nitrogens with zero attached hydrogens (tertiary/aromatic N) is 1. The van der Waals surface area contributed by atoms with E-state index in [9.17, 15) is 9.90 Å². The summed E-state index contributed by atoms with van der Waals surface area (Å²) in [5.41, 5.74) is 0.590. The van der Waals surface area contributed by atoms with Crippen LogP contribution < -0.4 is 0 Å². The molecule has 0 aromatic heterocycles. The van der Waals surface area contributed by atoms with Crippen molar-refractivity contribution in [3.05, 3.63) is 27.3 Å². The quantitative estimate of drug-likeness (QED) is 0.822. The van der Waals surface area contributed by atoms with Gasteiger partial charge in [0.05, 0.1) is 3.57 Å². The number of phenolic OH excluding ortho intramolecular Hbond substituents is 1. The molecule has 0 atom stereocenters. The molecule has 104 valence electrons. The summed E-state index contributed by atoms with van der Waals surface area (Å²) >= 11 is 2.06. The van der Waals surface area contributed by atoms with Gasteiger partial charge < -0.3 is 10.0 Å². The molecule has 1 amide bonds. The van der Waals surface area contributed by atoms with Gasteiger partial charge in [-0.3, -0.25) is 4.79 Å². The average molecular weight is 373 g/mol. The maximum atomic E-state index is 12.3. The fourth-order valence-corrected chi connectivity index (χ4v) is 3.00. The van der Waals surface area contributed by atoms with E-state index in [1.807, 2.05) is 4.90 Å². The van der Waals surface area contributed by atoms with E-state index in [4.69, 9.17) is 0 Å². The summed E-state index contributed by atoms with van der Waals surface area (Å²) in [5.74, 6) is 1.01. The van der Waals surface area contributed by atoms with Gasteiger partial charge in [-0.1, -0.05) is 19.8 Å². The zero-order valence-electron chi connectivity index (χ0n) is 11.2. The van der Waals surface area contributed by atoms with Crippen molar-refractivity contribution in [2.75, 3.05) is 13.1 Å². The van der Waals surface area contributed by atoms with Crippen molar-refractivity contribution in [2.24, 2.45) is 5.92 Å². The zero-order valence-corrected chi connectivity index (χ0v) is 13.4. The first kappa shape index (κ1) is 14.6. The van der Waals surface area contributed by atoms with Crippen molar-refractivity contribution in [2.45, 2.75) is 32.6 Å². The molecule has 2 rings (SSSR count). The summed E-state index contributed by atoms with van der Waals surface area (Å²) in [4.78, 5) is 14.3. The van der Waals surface area contributed by atoms with Crippen LogP contribution in [0.25, 0.3) is 0 Å². The molecule has 0 spiro atoms. The lowest BCUT2D eigenvalue weighted by Gasteiger charge is -2.32. The van der Waals surface area contributed by atoms with Gasteiger partial charge in [-0.15, -0.1) is 0 Å². The second-order valence-corrected chi connectivity index (χ2v) is 6.35. The number of rotatable bonds is 3. The van der Waals surface area contributed by atoms with Crippen LogP contribution in [0.1, 0.15) is 43.0 Å². The second kappa shape index (κ2) is 6.59. The third kappa shape index (κ3) is 3.61. The van der Waals surface area contributed by atoms with E-state index in [2.05, 4.69) is 29.5 Å². The highest BCUT2D eigenvalue weighted by Gasteiger charge is 2.23. The molecule has 4 heteroatoms. The first-order valence-electron chi connectivity index (χ1n) is 6.89. The lowest BCUT2D eigenvalue weighted by Crippen LogP contribution is -2.38. The van der Waals surface area contributed by atoms with Crippen molar-refractivity contribution < 1.29 is 9.90 Å². The molecule has 1 fully saturated rings. The number of hydrogen-bond donors (Lipinski definition) is 1. The number of hydrogen-bond acceptors (Lipinski definition) is 2. The number of amides is 1. The number of halogens is 1. The lowest BCUT2D eigenvalue weighted by molar-refractivity contribution is 0.0686. The smallest absolute Gasteiger partial charge is 0.253 e. The van der Waals surface area contributed by atoms with Gasteiger partial charge in [0.25, 0.3) is 5.91 Å². The van der Waals surface area contributed by atoms with E-state index < -0.39 is 0 Å². The van der Waals surface area contributed by atoms with E-state index in [-0.39, 0.29) is 11.7 Å². The molecule has 3 nitrogen and oxygen atoms in total. The van der Waals surface area contributed by atoms with Crippen LogP contribution >= 0.6 is 22.6 Å². The van der Waals surface area contributed by atoms with Crippen LogP contribution in [-0.4, -0.2) is 29.0 Å². The molecule has 1 aromatic carbocycles. The largest absolute Gasteiger partial charge is 0.507 e. The van der Waals surface area contributed by atoms with Crippen molar-refractivity contribution in [1.82, 2.24) is 4.90 Å². The molecule has 1 saturated heterocycles. The number of carbonyl (C=O) groups excluding carboxylic acids is 1. The normalized spacial score (nSPS) is 16.6. The number of benzene rings is 1. The van der Waals surface area contributed by atoms with Crippen molar-refractivity contribution in [1.29, 1.82) is 0 Å². The number of piperidine rings is 1. The second-order valence-electron chi connectivity index (χ2n) is 5.19. The molecule has 1 aliphatic heterocycles. The van der Waals surface area contributed by atoms with E-state index >= 15 is 0 Å². The Hall–Kier alpha value is -0.780. The lowest BCUT2D eigenvalue weighted by atomic mass is 9.92. The number of carbonyl (C=O) groups is 1. The highest BCUT2D eigenvalue weighted by molar-refractivity contribution is 14.1. The third-order valence-corrected chi connectivity index (χ3v) is 4.70. The molecule has 1 aliphatic rings. The van der Waals surface area contributed by atoms with Gasteiger partial charge in [-0.05, 0) is 59.5 Å². The van der Waals surface area contributed by atoms with E-state index in [1.54, 1.807) is 18.2 Å². The molecule has 0 unspecified atom stereocenters. The average Bonchev–Trinajstić information content (AvgIpc) is 2.42. The fourth-order valence-electron chi connectivity index (χ4n) is 2.66. The Morgan fingerprint density at radius 3 is 2.68 bits per heavy atom. The summed E-state index contributed by atoms with van der Waals surface area (Å²) in [6, 6.07) is 5.15. The van der Waals surface area contributed by atoms with Crippen molar-refractivity contribution in [3.63, 3.8) is 0 Å². The maximum Gasteiger partial charge on any atom is 0.253 e. The van der Waals surface area contributed by atoms with Gasteiger partial charge in [-0.25, -0.2) is 0 Å². The van der Waals surface area contributed by atoms with Gasteiger partial charge in [0.1, 0.15) is 5.75 Å². The van der Waals surface area contributed by atoms with E-state index in [0.717, 1.165) is 35.4 Å². The molecule has 0 aliphatic carbocycles. The number of aromatic hydroxyl groups is 1. The Balaban J connectivity index is 1.99. The monoisotopic (exact) mass is 373 g/mol. The molecule has 19 heavy (non-hydrogen) atoms. The molecule has 1 N–H and O–H groups in total. The van der Waals surface area contributed by atoms with E-state index in [1.165, 1.54) is 12.8 Å². The predicted octanol–water partition coefficient (Wildman–Crippen LogP) is 3.65. The van der Waals surface area contributed by atoms with Gasteiger partial charge in [0, 0.05) is 18.7 Å². The Bertz CT molecular complexity index is 453. The van der Waals surface area contributed by atoms with Crippen LogP contribution in [0.5, 0.6) is 5.75 Å². The van der Waals surface area contributed by atoms with Crippen LogP contribution in [-0.2, 0) is 0 Å². The van der Waals surface area contributed by atoms with Gasteiger partial charge in [0.15, 0.2) is 0 Å². The Morgan fingerprint density at radius 1 is 1.42 bits per heavy atom. The summed E-state index contributed by atoms with van der Waals surface area (Å²) in [7, 11) is 0. The molecule has 0 saturated carbocycles. The molecular formula is C15H20INO2. The first-order chi connectivity index (χ1) is 9.11. The standard InChI is InChI=1S/C15H20INO2/c1-2-3-11-6-8-17(9-7-11)15(19)12-4-5-13(16)14(18)10-12/h4-5,10-11,18H,2-3,6-9H2,1H3. The van der Waals surface area contributed by atoms with Crippen LogP contribution in [0.15, 0.2) is 18.2 Å². The predicted molar refractivity (Wildman–Crippen MR) is 84.4 cm³/mol. The van der Waals surface area contributed by atoms with Crippen molar-refractivity contribution in [3.8, 4) is 5.75 Å². The molecule has 0 radical (unpaired) electrons. The Labute approximate surface area is 128 Å². The van der Waals surface area contributed by atoms with Gasteiger partial charge >= 0.3 is 0 Å². The van der Waals surface area contributed by atoms with Crippen molar-refractivity contribution >= 4 is 28.5 Å². The van der Waals surface area contributed by atoms with Gasteiger partial charge in [-0.2, -0.15) is 0 Å². The topological polar surface area (TPSA) is 40.5 Å². The minimum Gasteiger partial charge on any atom is -0.507 e. The number of phenols is 1. The highest BCUT2D eigenvalue weighted by atomic mass is 127. The first-order valence-corrected chi connectivity index (χ1v) is 7.97. The van der Waals surface area contributed by atoms with Crippen LogP contribution in [0.2, 0.25) is 0 Å². The number of likely N-dealkylation sites (tertiary alicyclic amines) is 1. The third-order valence-electron chi connectivity index (χ3n) is 3.79. The summed E-state index contributed by atoms with van der Waals surface area (Å²) < 4.78 is 0.774. The minimum absolute atomic E-state index is 0.0432. The molecular weight excluding hydrogens is 353 g/mol. The Morgan fingerprint density at radius 2 is 2.11 bits per heavy atom. The van der Waals surface area contributed by atoms with E-state index in [0.29, 0.717) is 5.56 Å². The zero-order chi connectivity index (χ0) is 13.8. The van der Waals surface area contributed by atoms with Crippen LogP contribution in [0, 0.1) is 9.49 Å². The molecule has 1 aromatic rings. The molecule has 1 heterocycles. The molecule has 0 bridgehead atoms. The summed E-state index contributed by atoms with van der Waals surface area (Å²) in [6.45, 7) is 3.90. The highest BCUT2D eigenvalue weighted by Crippen LogP contribution is 2.25. The maximum absolute atomic E-state index is 12.3.